The zero-order chi connectivity index (χ0) is 14.1. The lowest BCUT2D eigenvalue weighted by Gasteiger charge is -2.47. The minimum atomic E-state index is 0.442. The van der Waals surface area contributed by atoms with E-state index in [0.717, 1.165) is 12.0 Å². The van der Waals surface area contributed by atoms with E-state index in [2.05, 4.69) is 29.6 Å². The van der Waals surface area contributed by atoms with Crippen LogP contribution in [0.5, 0.6) is 0 Å². The molecule has 2 fully saturated rings. The summed E-state index contributed by atoms with van der Waals surface area (Å²) in [4.78, 5) is 0. The third-order valence-corrected chi connectivity index (χ3v) is 6.29. The molecule has 21 heavy (non-hydrogen) atoms. The van der Waals surface area contributed by atoms with Crippen molar-refractivity contribution >= 4 is 0 Å². The maximum atomic E-state index is 3.91. The van der Waals surface area contributed by atoms with Crippen molar-refractivity contribution in [3.8, 4) is 0 Å². The lowest BCUT2D eigenvalue weighted by atomic mass is 9.59. The zero-order valence-corrected chi connectivity index (χ0v) is 13.2. The van der Waals surface area contributed by atoms with E-state index < -0.39 is 0 Å². The van der Waals surface area contributed by atoms with Crippen molar-refractivity contribution in [2.45, 2.75) is 75.7 Å². The number of nitrogens with one attached hydrogen (secondary N) is 1. The highest BCUT2D eigenvalue weighted by molar-refractivity contribution is 5.38. The Labute approximate surface area is 129 Å². The summed E-state index contributed by atoms with van der Waals surface area (Å²) in [6.45, 7) is 1.24. The largest absolute Gasteiger partial charge is 0.313 e. The molecular weight excluding hydrogens is 254 g/mol. The van der Waals surface area contributed by atoms with Gasteiger partial charge in [0.05, 0.1) is 0 Å². The fraction of sp³-hybridized carbons (Fsp3) is 0.700. The normalized spacial score (nSPS) is 30.1. The van der Waals surface area contributed by atoms with Gasteiger partial charge in [-0.1, -0.05) is 43.5 Å². The summed E-state index contributed by atoms with van der Waals surface area (Å²) in [5, 5.41) is 3.91. The molecule has 1 aromatic carbocycles. The van der Waals surface area contributed by atoms with Gasteiger partial charge in [0.25, 0.3) is 0 Å². The van der Waals surface area contributed by atoms with Crippen LogP contribution in [0.2, 0.25) is 0 Å². The summed E-state index contributed by atoms with van der Waals surface area (Å²) < 4.78 is 0. The highest BCUT2D eigenvalue weighted by Gasteiger charge is 2.43. The SMILES string of the molecule is c1ccc2c(c1)CCCC2(CNC1CC1)C1CCCCC1. The lowest BCUT2D eigenvalue weighted by Crippen LogP contribution is -2.47. The first kappa shape index (κ1) is 13.8. The van der Waals surface area contributed by atoms with Gasteiger partial charge in [0.15, 0.2) is 0 Å². The molecule has 1 N–H and O–H groups in total. The average molecular weight is 283 g/mol. The predicted octanol–water partition coefficient (Wildman–Crippen LogP) is 4.59. The van der Waals surface area contributed by atoms with E-state index >= 15 is 0 Å². The molecule has 1 heteroatoms. The molecular formula is C20H29N. The molecule has 114 valence electrons. The van der Waals surface area contributed by atoms with Gasteiger partial charge in [0, 0.05) is 18.0 Å². The smallest absolute Gasteiger partial charge is 0.0109 e. The van der Waals surface area contributed by atoms with Crippen LogP contribution in [0.3, 0.4) is 0 Å². The number of hydrogen-bond donors (Lipinski definition) is 1. The Morgan fingerprint density at radius 3 is 2.57 bits per heavy atom. The number of rotatable bonds is 4. The molecule has 0 heterocycles. The van der Waals surface area contributed by atoms with Crippen molar-refractivity contribution in [3.05, 3.63) is 35.4 Å². The number of aryl methyl sites for hydroxylation is 1. The van der Waals surface area contributed by atoms with E-state index in [1.165, 1.54) is 70.8 Å². The average Bonchev–Trinajstić information content (AvgIpc) is 3.38. The molecule has 1 atom stereocenters. The van der Waals surface area contributed by atoms with Crippen LogP contribution in [0, 0.1) is 5.92 Å². The molecule has 1 nitrogen and oxygen atoms in total. The summed E-state index contributed by atoms with van der Waals surface area (Å²) >= 11 is 0. The predicted molar refractivity (Wildman–Crippen MR) is 88.7 cm³/mol. The summed E-state index contributed by atoms with van der Waals surface area (Å²) in [5.74, 6) is 0.916. The summed E-state index contributed by atoms with van der Waals surface area (Å²) in [6.07, 6.45) is 14.2. The standard InChI is InChI=1S/C20H29N/c1-2-9-17(10-3-1)20(15-21-18-12-13-18)14-6-8-16-7-4-5-11-19(16)20/h4-5,7,11,17-18,21H,1-3,6,8-10,12-15H2. The van der Waals surface area contributed by atoms with Gasteiger partial charge in [0.2, 0.25) is 0 Å². The Bertz CT molecular complexity index is 484. The van der Waals surface area contributed by atoms with E-state index in [0.29, 0.717) is 5.41 Å². The Balaban J connectivity index is 1.68. The van der Waals surface area contributed by atoms with Gasteiger partial charge in [0.1, 0.15) is 0 Å². The van der Waals surface area contributed by atoms with Crippen LogP contribution >= 0.6 is 0 Å². The molecule has 1 aromatic rings. The number of fused-ring (bicyclic) bond motifs is 1. The summed E-state index contributed by atoms with van der Waals surface area (Å²) in [7, 11) is 0. The van der Waals surface area contributed by atoms with Gasteiger partial charge in [-0.2, -0.15) is 0 Å². The lowest BCUT2D eigenvalue weighted by molar-refractivity contribution is 0.170. The van der Waals surface area contributed by atoms with Crippen molar-refractivity contribution in [3.63, 3.8) is 0 Å². The third kappa shape index (κ3) is 2.65. The maximum absolute atomic E-state index is 3.91. The molecule has 0 spiro atoms. The van der Waals surface area contributed by atoms with Crippen LogP contribution in [0.1, 0.15) is 68.9 Å². The highest BCUT2D eigenvalue weighted by atomic mass is 15.0. The van der Waals surface area contributed by atoms with Crippen LogP contribution in [-0.2, 0) is 11.8 Å². The molecule has 3 aliphatic carbocycles. The first-order valence-corrected chi connectivity index (χ1v) is 9.20. The maximum Gasteiger partial charge on any atom is 0.0109 e. The van der Waals surface area contributed by atoms with Gasteiger partial charge < -0.3 is 5.32 Å². The van der Waals surface area contributed by atoms with Gasteiger partial charge in [-0.3, -0.25) is 0 Å². The highest BCUT2D eigenvalue weighted by Crippen LogP contribution is 2.48. The first-order valence-electron chi connectivity index (χ1n) is 9.20. The first-order chi connectivity index (χ1) is 10.4. The van der Waals surface area contributed by atoms with Crippen LogP contribution < -0.4 is 5.32 Å². The molecule has 3 aliphatic rings. The minimum Gasteiger partial charge on any atom is -0.313 e. The molecule has 0 aliphatic heterocycles. The second-order valence-corrected chi connectivity index (χ2v) is 7.66. The van der Waals surface area contributed by atoms with Gasteiger partial charge in [-0.05, 0) is 62.0 Å². The van der Waals surface area contributed by atoms with E-state index in [1.807, 2.05) is 0 Å². The quantitative estimate of drug-likeness (QED) is 0.852. The summed E-state index contributed by atoms with van der Waals surface area (Å²) in [5.41, 5.74) is 3.79. The van der Waals surface area contributed by atoms with E-state index in [1.54, 1.807) is 11.1 Å². The van der Waals surface area contributed by atoms with E-state index in [-0.39, 0.29) is 0 Å². The van der Waals surface area contributed by atoms with Gasteiger partial charge in [-0.25, -0.2) is 0 Å². The van der Waals surface area contributed by atoms with Crippen molar-refractivity contribution in [1.29, 1.82) is 0 Å². The van der Waals surface area contributed by atoms with Gasteiger partial charge >= 0.3 is 0 Å². The molecule has 0 saturated heterocycles. The molecule has 0 aromatic heterocycles. The molecule has 1 unspecified atom stereocenters. The van der Waals surface area contributed by atoms with Crippen LogP contribution in [0.15, 0.2) is 24.3 Å². The monoisotopic (exact) mass is 283 g/mol. The minimum absolute atomic E-state index is 0.442. The van der Waals surface area contributed by atoms with E-state index in [9.17, 15) is 0 Å². The Kier molecular flexibility index (Phi) is 3.79. The second-order valence-electron chi connectivity index (χ2n) is 7.66. The fourth-order valence-corrected chi connectivity index (χ4v) is 4.97. The second kappa shape index (κ2) is 5.76. The molecule has 0 amide bonds. The topological polar surface area (TPSA) is 12.0 Å². The van der Waals surface area contributed by atoms with Crippen LogP contribution in [-0.4, -0.2) is 12.6 Å². The Morgan fingerprint density at radius 1 is 0.952 bits per heavy atom. The number of hydrogen-bond acceptors (Lipinski definition) is 1. The summed E-state index contributed by atoms with van der Waals surface area (Å²) in [6, 6.07) is 10.2. The molecule has 0 radical (unpaired) electrons. The Morgan fingerprint density at radius 2 is 1.76 bits per heavy atom. The van der Waals surface area contributed by atoms with Crippen molar-refractivity contribution in [2.24, 2.45) is 5.92 Å². The Hall–Kier alpha value is -0.820. The fourth-order valence-electron chi connectivity index (χ4n) is 4.97. The van der Waals surface area contributed by atoms with Crippen molar-refractivity contribution in [2.75, 3.05) is 6.54 Å². The van der Waals surface area contributed by atoms with E-state index in [4.69, 9.17) is 0 Å². The molecule has 0 bridgehead atoms. The number of benzene rings is 1. The zero-order valence-electron chi connectivity index (χ0n) is 13.2. The molecule has 4 rings (SSSR count). The van der Waals surface area contributed by atoms with Crippen molar-refractivity contribution in [1.82, 2.24) is 5.32 Å². The molecule has 2 saturated carbocycles. The third-order valence-electron chi connectivity index (χ3n) is 6.29. The van der Waals surface area contributed by atoms with Gasteiger partial charge in [-0.15, -0.1) is 0 Å². The van der Waals surface area contributed by atoms with Crippen LogP contribution in [0.25, 0.3) is 0 Å². The van der Waals surface area contributed by atoms with Crippen molar-refractivity contribution < 1.29 is 0 Å². The van der Waals surface area contributed by atoms with Crippen LogP contribution in [0.4, 0.5) is 0 Å².